The van der Waals surface area contributed by atoms with Gasteiger partial charge >= 0.3 is 17.9 Å². The standard InChI is InChI=1S/C24H30N2O8/c1-6-31-21(28)18-15-10-8-14(9-11-16(15)19(20(18)25)22(29)32-7-2)12-17(27)26-34-13-33-23(30)24(3,4)5/h8-11H,6-7,12-13,25H2,1-5H3,(H,26,27). The predicted molar refractivity (Wildman–Crippen MR) is 123 cm³/mol. The van der Waals surface area contributed by atoms with Gasteiger partial charge in [0.1, 0.15) is 0 Å². The van der Waals surface area contributed by atoms with Crippen LogP contribution in [-0.4, -0.2) is 43.8 Å². The quantitative estimate of drug-likeness (QED) is 0.184. The Morgan fingerprint density at radius 1 is 0.853 bits per heavy atom. The van der Waals surface area contributed by atoms with E-state index in [1.165, 1.54) is 0 Å². The third-order valence-electron chi connectivity index (χ3n) is 4.67. The Bertz CT molecular complexity index is 986. The van der Waals surface area contributed by atoms with Crippen molar-refractivity contribution in [3.8, 4) is 11.1 Å². The van der Waals surface area contributed by atoms with Crippen LogP contribution in [0.2, 0.25) is 0 Å². The van der Waals surface area contributed by atoms with Gasteiger partial charge < -0.3 is 19.9 Å². The first kappa shape index (κ1) is 26.6. The van der Waals surface area contributed by atoms with Gasteiger partial charge in [-0.15, -0.1) is 0 Å². The smallest absolute Gasteiger partial charge is 0.340 e. The molecule has 0 aliphatic heterocycles. The van der Waals surface area contributed by atoms with Gasteiger partial charge in [-0.3, -0.25) is 9.59 Å². The van der Waals surface area contributed by atoms with Crippen LogP contribution in [0.1, 0.15) is 60.9 Å². The van der Waals surface area contributed by atoms with E-state index in [2.05, 4.69) is 5.48 Å². The van der Waals surface area contributed by atoms with E-state index in [9.17, 15) is 19.2 Å². The van der Waals surface area contributed by atoms with Gasteiger partial charge in [-0.1, -0.05) is 24.3 Å². The maximum Gasteiger partial charge on any atom is 0.340 e. The second-order valence-corrected chi connectivity index (χ2v) is 8.32. The summed E-state index contributed by atoms with van der Waals surface area (Å²) in [5.74, 6) is -2.29. The molecule has 0 aromatic heterocycles. The molecule has 0 radical (unpaired) electrons. The van der Waals surface area contributed by atoms with Crippen LogP contribution >= 0.6 is 0 Å². The maximum atomic E-state index is 12.5. The number of hydrogen-bond donors (Lipinski definition) is 2. The Morgan fingerprint density at radius 2 is 1.35 bits per heavy atom. The van der Waals surface area contributed by atoms with Crippen molar-refractivity contribution in [2.45, 2.75) is 41.0 Å². The van der Waals surface area contributed by atoms with E-state index in [4.69, 9.17) is 24.8 Å². The largest absolute Gasteiger partial charge is 0.462 e. The molecule has 2 rings (SSSR count). The third-order valence-corrected chi connectivity index (χ3v) is 4.67. The van der Waals surface area contributed by atoms with Crippen LogP contribution in [0.5, 0.6) is 0 Å². The molecule has 0 saturated heterocycles. The first-order valence-electron chi connectivity index (χ1n) is 10.8. The molecule has 10 heteroatoms. The van der Waals surface area contributed by atoms with Crippen molar-refractivity contribution in [1.29, 1.82) is 0 Å². The van der Waals surface area contributed by atoms with Crippen LogP contribution in [0.4, 0.5) is 5.69 Å². The molecule has 10 nitrogen and oxygen atoms in total. The van der Waals surface area contributed by atoms with Gasteiger partial charge in [0.15, 0.2) is 0 Å². The molecule has 184 valence electrons. The number of nitrogen functional groups attached to an aromatic ring is 1. The van der Waals surface area contributed by atoms with Gasteiger partial charge in [0.25, 0.3) is 0 Å². The molecule has 0 saturated carbocycles. The Morgan fingerprint density at radius 3 is 1.79 bits per heavy atom. The van der Waals surface area contributed by atoms with Gasteiger partial charge in [0.2, 0.25) is 12.7 Å². The average molecular weight is 475 g/mol. The number of hydroxylamine groups is 1. The van der Waals surface area contributed by atoms with Crippen molar-refractivity contribution in [2.24, 2.45) is 5.41 Å². The van der Waals surface area contributed by atoms with Gasteiger partial charge in [0, 0.05) is 0 Å². The minimum Gasteiger partial charge on any atom is -0.462 e. The summed E-state index contributed by atoms with van der Waals surface area (Å²) >= 11 is 0. The van der Waals surface area contributed by atoms with Crippen LogP contribution < -0.4 is 11.2 Å². The zero-order valence-corrected chi connectivity index (χ0v) is 20.0. The average Bonchev–Trinajstić information content (AvgIpc) is 2.89. The molecule has 0 atom stereocenters. The number of esters is 3. The Balaban J connectivity index is 2.23. The van der Waals surface area contributed by atoms with E-state index >= 15 is 0 Å². The first-order chi connectivity index (χ1) is 16.0. The monoisotopic (exact) mass is 474 g/mol. The molecule has 1 amide bonds. The van der Waals surface area contributed by atoms with E-state index in [-0.39, 0.29) is 36.4 Å². The number of carbonyl (C=O) groups excluding carboxylic acids is 4. The molecule has 2 aliphatic carbocycles. The minimum atomic E-state index is -0.688. The number of amides is 1. The molecule has 0 heterocycles. The van der Waals surface area contributed by atoms with Crippen molar-refractivity contribution < 1.29 is 38.2 Å². The van der Waals surface area contributed by atoms with Crippen LogP contribution in [0.25, 0.3) is 11.1 Å². The first-order valence-corrected chi connectivity index (χ1v) is 10.8. The summed E-state index contributed by atoms with van der Waals surface area (Å²) < 4.78 is 15.1. The summed E-state index contributed by atoms with van der Waals surface area (Å²) in [5.41, 5.74) is 9.12. The number of carbonyl (C=O) groups is 4. The van der Waals surface area contributed by atoms with Crippen LogP contribution in [0.15, 0.2) is 24.3 Å². The molecule has 0 aromatic carbocycles. The number of rotatable bonds is 9. The second-order valence-electron chi connectivity index (χ2n) is 8.32. The van der Waals surface area contributed by atoms with Crippen LogP contribution in [-0.2, 0) is 35.1 Å². The maximum absolute atomic E-state index is 12.5. The molecule has 0 bridgehead atoms. The van der Waals surface area contributed by atoms with Gasteiger partial charge in [-0.25, -0.2) is 19.9 Å². The van der Waals surface area contributed by atoms with Crippen molar-refractivity contribution in [3.05, 3.63) is 41.0 Å². The Labute approximate surface area is 198 Å². The molecule has 0 spiro atoms. The van der Waals surface area contributed by atoms with Crippen LogP contribution in [0.3, 0.4) is 0 Å². The number of nitrogens with two attached hydrogens (primary N) is 1. The molecule has 0 aromatic rings. The minimum absolute atomic E-state index is 0.0180. The summed E-state index contributed by atoms with van der Waals surface area (Å²) in [6, 6.07) is 6.43. The summed E-state index contributed by atoms with van der Waals surface area (Å²) in [7, 11) is 0. The van der Waals surface area contributed by atoms with Gasteiger partial charge in [-0.2, -0.15) is 0 Å². The fraction of sp³-hybridized carbons (Fsp3) is 0.417. The molecule has 34 heavy (non-hydrogen) atoms. The second kappa shape index (κ2) is 11.5. The van der Waals surface area contributed by atoms with Crippen LogP contribution in [0, 0.1) is 5.41 Å². The highest BCUT2D eigenvalue weighted by Gasteiger charge is 2.30. The van der Waals surface area contributed by atoms with E-state index in [0.717, 1.165) is 0 Å². The number of anilines is 1. The zero-order valence-electron chi connectivity index (χ0n) is 20.0. The van der Waals surface area contributed by atoms with Gasteiger partial charge in [0.05, 0.1) is 41.9 Å². The highest BCUT2D eigenvalue weighted by atomic mass is 16.8. The molecule has 0 unspecified atom stereocenters. The van der Waals surface area contributed by atoms with Crippen molar-refractivity contribution >= 4 is 29.5 Å². The fourth-order valence-electron chi connectivity index (χ4n) is 3.06. The molecule has 0 fully saturated rings. The molecular formula is C24H30N2O8. The highest BCUT2D eigenvalue weighted by Crippen LogP contribution is 2.39. The third kappa shape index (κ3) is 6.44. The Hall–Kier alpha value is -3.66. The van der Waals surface area contributed by atoms with Gasteiger partial charge in [-0.05, 0) is 51.3 Å². The lowest BCUT2D eigenvalue weighted by molar-refractivity contribution is -0.175. The number of ether oxygens (including phenoxy) is 3. The number of hydrogen-bond acceptors (Lipinski definition) is 9. The van der Waals surface area contributed by atoms with E-state index < -0.39 is 36.0 Å². The lowest BCUT2D eigenvalue weighted by Crippen LogP contribution is -2.29. The number of fused-ring (bicyclic) bond motifs is 1. The lowest BCUT2D eigenvalue weighted by atomic mass is 9.98. The normalized spacial score (nSPS) is 11.1. The van der Waals surface area contributed by atoms with Crippen molar-refractivity contribution in [3.63, 3.8) is 0 Å². The SMILES string of the molecule is CCOC(=O)c1c2ccc(CC(=O)NOCOC(=O)C(C)(C)C)ccc-2c(C(=O)OCC)c1N. The Kier molecular flexibility index (Phi) is 8.97. The highest BCUT2D eigenvalue weighted by molar-refractivity contribution is 6.15. The lowest BCUT2D eigenvalue weighted by Gasteiger charge is -2.16. The van der Waals surface area contributed by atoms with Crippen molar-refractivity contribution in [2.75, 3.05) is 25.7 Å². The molecule has 3 N–H and O–H groups in total. The number of nitrogens with one attached hydrogen (secondary N) is 1. The fourth-order valence-corrected chi connectivity index (χ4v) is 3.06. The topological polar surface area (TPSA) is 143 Å². The summed E-state index contributed by atoms with van der Waals surface area (Å²) in [6.07, 6.45) is -0.0799. The zero-order chi connectivity index (χ0) is 25.5. The summed E-state index contributed by atoms with van der Waals surface area (Å²) in [4.78, 5) is 53.9. The van der Waals surface area contributed by atoms with E-state index in [1.54, 1.807) is 58.9 Å². The van der Waals surface area contributed by atoms with E-state index in [0.29, 0.717) is 16.7 Å². The summed E-state index contributed by atoms with van der Waals surface area (Å²) in [5, 5.41) is 0. The van der Waals surface area contributed by atoms with E-state index in [1.807, 2.05) is 0 Å². The molecule has 2 aliphatic rings. The summed E-state index contributed by atoms with van der Waals surface area (Å²) in [6.45, 7) is 8.25. The predicted octanol–water partition coefficient (Wildman–Crippen LogP) is 2.86. The molecular weight excluding hydrogens is 444 g/mol. The van der Waals surface area contributed by atoms with Crippen molar-refractivity contribution in [1.82, 2.24) is 5.48 Å².